The van der Waals surface area contributed by atoms with Crippen molar-refractivity contribution >= 4 is 0 Å². The first-order valence-electron chi connectivity index (χ1n) is 4.75. The third kappa shape index (κ3) is 3.60. The van der Waals surface area contributed by atoms with Gasteiger partial charge in [-0.3, -0.25) is 0 Å². The van der Waals surface area contributed by atoms with Gasteiger partial charge in [-0.1, -0.05) is 0 Å². The molecule has 0 bridgehead atoms. The number of nitrogens with one attached hydrogen (secondary N) is 1. The molecular weight excluding hydrogens is 170 g/mol. The Morgan fingerprint density at radius 2 is 2.38 bits per heavy atom. The third-order valence-corrected chi connectivity index (χ3v) is 2.30. The minimum Gasteiger partial charge on any atom is -0.389 e. The summed E-state index contributed by atoms with van der Waals surface area (Å²) in [6, 6.07) is 0.452. The molecule has 13 heavy (non-hydrogen) atoms. The van der Waals surface area contributed by atoms with Crippen LogP contribution in [0.5, 0.6) is 0 Å². The molecule has 1 rings (SSSR count). The van der Waals surface area contributed by atoms with E-state index < -0.39 is 0 Å². The molecule has 1 aliphatic heterocycles. The van der Waals surface area contributed by atoms with Crippen molar-refractivity contribution in [2.24, 2.45) is 0 Å². The molecule has 0 aromatic rings. The Kier molecular flexibility index (Phi) is 4.66. The topological polar surface area (TPSA) is 50.7 Å². The lowest BCUT2D eigenvalue weighted by Gasteiger charge is -2.20. The molecule has 4 heteroatoms. The summed E-state index contributed by atoms with van der Waals surface area (Å²) in [6.45, 7) is 3.90. The molecule has 78 valence electrons. The van der Waals surface area contributed by atoms with E-state index >= 15 is 0 Å². The summed E-state index contributed by atoms with van der Waals surface area (Å²) in [5, 5.41) is 12.8. The van der Waals surface area contributed by atoms with E-state index in [-0.39, 0.29) is 12.1 Å². The second kappa shape index (κ2) is 5.54. The molecule has 0 aromatic carbocycles. The SMILES string of the molecule is COCCC(C)NC1COCC1O. The molecule has 3 atom stereocenters. The molecule has 1 heterocycles. The first kappa shape index (κ1) is 10.9. The summed E-state index contributed by atoms with van der Waals surface area (Å²) in [5.41, 5.74) is 0. The van der Waals surface area contributed by atoms with Gasteiger partial charge in [0.2, 0.25) is 0 Å². The van der Waals surface area contributed by atoms with Crippen LogP contribution in [-0.2, 0) is 9.47 Å². The zero-order valence-corrected chi connectivity index (χ0v) is 8.32. The summed E-state index contributed by atoms with van der Waals surface area (Å²) in [4.78, 5) is 0. The molecule has 0 aromatic heterocycles. The van der Waals surface area contributed by atoms with Crippen molar-refractivity contribution in [3.8, 4) is 0 Å². The Hall–Kier alpha value is -0.160. The molecule has 0 amide bonds. The average Bonchev–Trinajstić information content (AvgIpc) is 2.48. The lowest BCUT2D eigenvalue weighted by molar-refractivity contribution is 0.120. The zero-order chi connectivity index (χ0) is 9.68. The third-order valence-electron chi connectivity index (χ3n) is 2.30. The van der Waals surface area contributed by atoms with Crippen LogP contribution < -0.4 is 5.32 Å². The highest BCUT2D eigenvalue weighted by molar-refractivity contribution is 4.82. The summed E-state index contributed by atoms with van der Waals surface area (Å²) >= 11 is 0. The Morgan fingerprint density at radius 3 is 2.92 bits per heavy atom. The van der Waals surface area contributed by atoms with E-state index in [1.807, 2.05) is 0 Å². The van der Waals surface area contributed by atoms with Crippen molar-refractivity contribution in [3.63, 3.8) is 0 Å². The number of ether oxygens (including phenoxy) is 2. The second-order valence-electron chi connectivity index (χ2n) is 3.56. The van der Waals surface area contributed by atoms with E-state index in [0.29, 0.717) is 19.3 Å². The fourth-order valence-corrected chi connectivity index (χ4v) is 1.45. The molecule has 0 radical (unpaired) electrons. The van der Waals surface area contributed by atoms with Crippen molar-refractivity contribution in [1.82, 2.24) is 5.32 Å². The summed E-state index contributed by atoms with van der Waals surface area (Å²) in [6.07, 6.45) is 0.602. The lowest BCUT2D eigenvalue weighted by atomic mass is 10.1. The zero-order valence-electron chi connectivity index (χ0n) is 8.32. The van der Waals surface area contributed by atoms with Gasteiger partial charge in [-0.2, -0.15) is 0 Å². The molecule has 1 fully saturated rings. The summed E-state index contributed by atoms with van der Waals surface area (Å²) in [7, 11) is 1.69. The van der Waals surface area contributed by atoms with Gasteiger partial charge in [-0.25, -0.2) is 0 Å². The van der Waals surface area contributed by atoms with Crippen LogP contribution in [0.1, 0.15) is 13.3 Å². The molecule has 0 spiro atoms. The van der Waals surface area contributed by atoms with E-state index in [1.54, 1.807) is 7.11 Å². The molecule has 1 aliphatic rings. The van der Waals surface area contributed by atoms with Crippen LogP contribution in [0.25, 0.3) is 0 Å². The van der Waals surface area contributed by atoms with Gasteiger partial charge in [0.25, 0.3) is 0 Å². The quantitative estimate of drug-likeness (QED) is 0.627. The first-order valence-corrected chi connectivity index (χ1v) is 4.75. The van der Waals surface area contributed by atoms with Crippen LogP contribution in [0, 0.1) is 0 Å². The van der Waals surface area contributed by atoms with Crippen molar-refractivity contribution < 1.29 is 14.6 Å². The van der Waals surface area contributed by atoms with E-state index in [1.165, 1.54) is 0 Å². The van der Waals surface area contributed by atoms with Crippen LogP contribution in [0.4, 0.5) is 0 Å². The first-order chi connectivity index (χ1) is 6.24. The Bertz CT molecular complexity index is 143. The Balaban J connectivity index is 2.15. The summed E-state index contributed by atoms with van der Waals surface area (Å²) < 4.78 is 10.1. The molecule has 1 saturated heterocycles. The monoisotopic (exact) mass is 189 g/mol. The standard InChI is InChI=1S/C9H19NO3/c1-7(3-4-12-2)10-8-5-13-6-9(8)11/h7-11H,3-6H2,1-2H3. The van der Waals surface area contributed by atoms with Crippen molar-refractivity contribution in [3.05, 3.63) is 0 Å². The van der Waals surface area contributed by atoms with Crippen LogP contribution in [0.2, 0.25) is 0 Å². The Morgan fingerprint density at radius 1 is 1.62 bits per heavy atom. The second-order valence-corrected chi connectivity index (χ2v) is 3.56. The van der Waals surface area contributed by atoms with Crippen LogP contribution in [0.3, 0.4) is 0 Å². The average molecular weight is 189 g/mol. The number of aliphatic hydroxyl groups is 1. The molecule has 0 saturated carbocycles. The van der Waals surface area contributed by atoms with Crippen LogP contribution in [0.15, 0.2) is 0 Å². The maximum atomic E-state index is 9.44. The maximum absolute atomic E-state index is 9.44. The van der Waals surface area contributed by atoms with E-state index in [4.69, 9.17) is 9.47 Å². The van der Waals surface area contributed by atoms with Gasteiger partial charge >= 0.3 is 0 Å². The predicted molar refractivity (Wildman–Crippen MR) is 49.7 cm³/mol. The highest BCUT2D eigenvalue weighted by atomic mass is 16.5. The number of hydrogen-bond donors (Lipinski definition) is 2. The minimum absolute atomic E-state index is 0.0897. The summed E-state index contributed by atoms with van der Waals surface area (Å²) in [5.74, 6) is 0. The highest BCUT2D eigenvalue weighted by Gasteiger charge is 2.26. The fraction of sp³-hybridized carbons (Fsp3) is 1.00. The molecule has 3 unspecified atom stereocenters. The van der Waals surface area contributed by atoms with E-state index in [2.05, 4.69) is 12.2 Å². The van der Waals surface area contributed by atoms with Crippen molar-refractivity contribution in [1.29, 1.82) is 0 Å². The number of rotatable bonds is 5. The van der Waals surface area contributed by atoms with Crippen molar-refractivity contribution in [2.75, 3.05) is 26.9 Å². The van der Waals surface area contributed by atoms with Gasteiger partial charge in [0, 0.05) is 19.8 Å². The Labute approximate surface area is 79.2 Å². The van der Waals surface area contributed by atoms with Crippen LogP contribution >= 0.6 is 0 Å². The van der Waals surface area contributed by atoms with E-state index in [0.717, 1.165) is 13.0 Å². The van der Waals surface area contributed by atoms with Gasteiger partial charge in [-0.05, 0) is 13.3 Å². The number of aliphatic hydroxyl groups excluding tert-OH is 1. The number of methoxy groups -OCH3 is 1. The smallest absolute Gasteiger partial charge is 0.0948 e. The molecule has 4 nitrogen and oxygen atoms in total. The van der Waals surface area contributed by atoms with Gasteiger partial charge in [0.05, 0.1) is 25.4 Å². The lowest BCUT2D eigenvalue weighted by Crippen LogP contribution is -2.44. The highest BCUT2D eigenvalue weighted by Crippen LogP contribution is 2.06. The molecule has 0 aliphatic carbocycles. The maximum Gasteiger partial charge on any atom is 0.0948 e. The predicted octanol–water partition coefficient (Wildman–Crippen LogP) is -0.239. The number of hydrogen-bond acceptors (Lipinski definition) is 4. The van der Waals surface area contributed by atoms with Gasteiger partial charge < -0.3 is 19.9 Å². The fourth-order valence-electron chi connectivity index (χ4n) is 1.45. The normalized spacial score (nSPS) is 30.7. The largest absolute Gasteiger partial charge is 0.389 e. The minimum atomic E-state index is -0.356. The van der Waals surface area contributed by atoms with Crippen molar-refractivity contribution in [2.45, 2.75) is 31.5 Å². The van der Waals surface area contributed by atoms with Gasteiger partial charge in [-0.15, -0.1) is 0 Å². The van der Waals surface area contributed by atoms with Crippen LogP contribution in [-0.4, -0.2) is 50.2 Å². The van der Waals surface area contributed by atoms with Gasteiger partial charge in [0.1, 0.15) is 0 Å². The van der Waals surface area contributed by atoms with E-state index in [9.17, 15) is 5.11 Å². The molecule has 2 N–H and O–H groups in total. The van der Waals surface area contributed by atoms with Gasteiger partial charge in [0.15, 0.2) is 0 Å². The molecular formula is C9H19NO3.